The molecule has 2 aromatic rings. The van der Waals surface area contributed by atoms with Crippen LogP contribution in [0.5, 0.6) is 5.88 Å². The zero-order chi connectivity index (χ0) is 17.0. The summed E-state index contributed by atoms with van der Waals surface area (Å²) in [7, 11) is 1.37. The molecule has 10 nitrogen and oxygen atoms in total. The van der Waals surface area contributed by atoms with Gasteiger partial charge in [0.25, 0.3) is 5.85 Å². The number of hydrogen-bond donors (Lipinski definition) is 5. The van der Waals surface area contributed by atoms with Crippen LogP contribution in [0.1, 0.15) is 18.9 Å². The molecule has 0 aliphatic carbocycles. The van der Waals surface area contributed by atoms with Crippen molar-refractivity contribution in [1.82, 2.24) is 19.9 Å². The van der Waals surface area contributed by atoms with Crippen molar-refractivity contribution in [2.45, 2.75) is 30.6 Å². The minimum atomic E-state index is -3.17. The third-order valence-corrected chi connectivity index (χ3v) is 3.91. The number of aliphatic hydroxyl groups is 3. The Hall–Kier alpha value is -2.08. The summed E-state index contributed by atoms with van der Waals surface area (Å²) in [5, 5.41) is 29.3. The van der Waals surface area contributed by atoms with Crippen LogP contribution < -0.4 is 10.5 Å². The Morgan fingerprint density at radius 3 is 2.65 bits per heavy atom. The maximum atomic E-state index is 14.4. The van der Waals surface area contributed by atoms with Crippen molar-refractivity contribution < 1.29 is 29.2 Å². The minimum Gasteiger partial charge on any atom is -0.479 e. The molecule has 0 amide bonds. The fourth-order valence-electron chi connectivity index (χ4n) is 2.57. The third-order valence-electron chi connectivity index (χ3n) is 3.91. The Morgan fingerprint density at radius 2 is 2.09 bits per heavy atom. The van der Waals surface area contributed by atoms with Crippen molar-refractivity contribution in [3.63, 3.8) is 0 Å². The molecule has 0 aromatic carbocycles. The van der Waals surface area contributed by atoms with Crippen molar-refractivity contribution in [1.29, 1.82) is 0 Å². The smallest absolute Gasteiger partial charge is 0.267 e. The monoisotopic (exact) mass is 329 g/mol. The highest BCUT2D eigenvalue weighted by Gasteiger charge is 2.65. The number of aliphatic hydroxyl groups excluding tert-OH is 1. The number of rotatable bonds is 3. The van der Waals surface area contributed by atoms with Gasteiger partial charge in [0.1, 0.15) is 23.5 Å². The zero-order valence-corrected chi connectivity index (χ0v) is 12.3. The molecular weight excluding hydrogens is 313 g/mol. The largest absolute Gasteiger partial charge is 0.479 e. The van der Waals surface area contributed by atoms with E-state index in [-0.39, 0.29) is 28.8 Å². The molecule has 0 unspecified atom stereocenters. The van der Waals surface area contributed by atoms with Crippen molar-refractivity contribution in [2.75, 3.05) is 19.5 Å². The molecule has 0 bridgehead atoms. The highest BCUT2D eigenvalue weighted by molar-refractivity contribution is 5.77. The number of imidazole rings is 1. The van der Waals surface area contributed by atoms with E-state index in [9.17, 15) is 14.6 Å². The summed E-state index contributed by atoms with van der Waals surface area (Å²) in [6.45, 7) is 0.216. The van der Waals surface area contributed by atoms with Crippen LogP contribution >= 0.6 is 0 Å². The number of methoxy groups -OCH3 is 1. The Kier molecular flexibility index (Phi) is 3.41. The summed E-state index contributed by atoms with van der Waals surface area (Å²) in [6, 6.07) is 0. The number of ether oxygens (including phenoxy) is 2. The fourth-order valence-corrected chi connectivity index (χ4v) is 2.57. The number of nitrogen functional groups attached to an aromatic ring is 1. The summed E-state index contributed by atoms with van der Waals surface area (Å²) >= 11 is 0. The lowest BCUT2D eigenvalue weighted by molar-refractivity contribution is -0.219. The summed E-state index contributed by atoms with van der Waals surface area (Å²) in [5.74, 6) is -3.16. The van der Waals surface area contributed by atoms with Gasteiger partial charge in [0.2, 0.25) is 11.8 Å². The van der Waals surface area contributed by atoms with Crippen molar-refractivity contribution in [3.8, 4) is 5.88 Å². The number of halogens is 1. The number of nitrogens with zero attached hydrogens (tertiary/aromatic N) is 3. The van der Waals surface area contributed by atoms with Gasteiger partial charge >= 0.3 is 0 Å². The molecule has 1 saturated heterocycles. The molecule has 0 spiro atoms. The Labute approximate surface area is 129 Å². The van der Waals surface area contributed by atoms with Crippen LogP contribution in [-0.4, -0.2) is 66.5 Å². The molecule has 4 atom stereocenters. The molecule has 11 heteroatoms. The Morgan fingerprint density at radius 1 is 1.39 bits per heavy atom. The lowest BCUT2D eigenvalue weighted by Gasteiger charge is -2.30. The first-order chi connectivity index (χ1) is 10.7. The predicted octanol–water partition coefficient (Wildman–Crippen LogP) is -1.22. The second-order valence-corrected chi connectivity index (χ2v) is 5.42. The summed E-state index contributed by atoms with van der Waals surface area (Å²) in [4.78, 5) is 14.6. The highest BCUT2D eigenvalue weighted by atomic mass is 19.2. The number of nitrogens with one attached hydrogen (secondary N) is 1. The summed E-state index contributed by atoms with van der Waals surface area (Å²) in [5.41, 5.74) is 3.57. The second-order valence-electron chi connectivity index (χ2n) is 5.42. The van der Waals surface area contributed by atoms with E-state index in [1.807, 2.05) is 0 Å². The van der Waals surface area contributed by atoms with Gasteiger partial charge in [-0.05, 0) is 6.92 Å². The Bertz CT molecular complexity index is 749. The van der Waals surface area contributed by atoms with Gasteiger partial charge in [-0.3, -0.25) is 0 Å². The van der Waals surface area contributed by atoms with Crippen LogP contribution in [0, 0.1) is 0 Å². The molecule has 0 saturated carbocycles. The van der Waals surface area contributed by atoms with Gasteiger partial charge in [0.15, 0.2) is 11.2 Å². The molecule has 0 radical (unpaired) electrons. The van der Waals surface area contributed by atoms with Gasteiger partial charge in [0, 0.05) is 0 Å². The number of fused-ring (bicyclic) bond motifs is 1. The molecule has 2 aromatic heterocycles. The van der Waals surface area contributed by atoms with E-state index in [0.29, 0.717) is 0 Å². The first-order valence-electron chi connectivity index (χ1n) is 6.69. The van der Waals surface area contributed by atoms with Crippen LogP contribution in [0.25, 0.3) is 11.2 Å². The van der Waals surface area contributed by atoms with Crippen molar-refractivity contribution in [3.05, 3.63) is 5.82 Å². The van der Waals surface area contributed by atoms with E-state index in [4.69, 9.17) is 20.3 Å². The molecule has 3 rings (SSSR count). The first kappa shape index (κ1) is 15.8. The zero-order valence-electron chi connectivity index (χ0n) is 12.3. The van der Waals surface area contributed by atoms with E-state index in [1.165, 1.54) is 7.11 Å². The van der Waals surface area contributed by atoms with Gasteiger partial charge in [-0.2, -0.15) is 9.97 Å². The molecule has 23 heavy (non-hydrogen) atoms. The molecule has 6 N–H and O–H groups in total. The topological polar surface area (TPSA) is 160 Å². The number of hydrogen-bond acceptors (Lipinski definition) is 9. The van der Waals surface area contributed by atoms with E-state index in [0.717, 1.165) is 6.92 Å². The van der Waals surface area contributed by atoms with E-state index >= 15 is 0 Å². The summed E-state index contributed by atoms with van der Waals surface area (Å²) in [6.07, 6.45) is -3.01. The first-order valence-corrected chi connectivity index (χ1v) is 6.69. The number of alkyl halides is 1. The van der Waals surface area contributed by atoms with E-state index in [1.54, 1.807) is 0 Å². The van der Waals surface area contributed by atoms with Crippen LogP contribution in [-0.2, 0) is 4.74 Å². The standard InChI is InChI=1S/C12H16FN5O5/c1-11(20)6(23-4(3-19)12(11,13)21)8-15-5-7(16-8)17-10(14)18-9(5)22-2/h4,6,19-21H,3H2,1-2H3,(H3,14,15,16,17,18)/t4-,6+,11+,12-/m1/s1. The predicted molar refractivity (Wildman–Crippen MR) is 74.0 cm³/mol. The van der Waals surface area contributed by atoms with Crippen LogP contribution in [0.4, 0.5) is 10.3 Å². The maximum absolute atomic E-state index is 14.4. The number of anilines is 1. The van der Waals surface area contributed by atoms with Crippen molar-refractivity contribution >= 4 is 17.1 Å². The molecule has 1 aliphatic heterocycles. The number of aromatic amines is 1. The average molecular weight is 329 g/mol. The van der Waals surface area contributed by atoms with Crippen LogP contribution in [0.15, 0.2) is 0 Å². The van der Waals surface area contributed by atoms with Gasteiger partial charge < -0.3 is 35.5 Å². The molecular formula is C12H16FN5O5. The van der Waals surface area contributed by atoms with E-state index < -0.39 is 30.3 Å². The lowest BCUT2D eigenvalue weighted by atomic mass is 9.90. The second kappa shape index (κ2) is 4.96. The quantitative estimate of drug-likeness (QED) is 0.465. The molecule has 3 heterocycles. The lowest BCUT2D eigenvalue weighted by Crippen LogP contribution is -2.53. The molecule has 126 valence electrons. The van der Waals surface area contributed by atoms with Gasteiger partial charge in [-0.15, -0.1) is 0 Å². The normalized spacial score (nSPS) is 34.2. The molecule has 1 fully saturated rings. The number of nitrogens with two attached hydrogens (primary N) is 1. The fraction of sp³-hybridized carbons (Fsp3) is 0.583. The minimum absolute atomic E-state index is 0.0183. The van der Waals surface area contributed by atoms with Gasteiger partial charge in [0.05, 0.1) is 13.7 Å². The number of aromatic nitrogens is 4. The van der Waals surface area contributed by atoms with Crippen LogP contribution in [0.3, 0.4) is 0 Å². The summed E-state index contributed by atoms with van der Waals surface area (Å²) < 4.78 is 24.6. The van der Waals surface area contributed by atoms with Crippen LogP contribution in [0.2, 0.25) is 0 Å². The van der Waals surface area contributed by atoms with Gasteiger partial charge in [-0.1, -0.05) is 0 Å². The van der Waals surface area contributed by atoms with Crippen molar-refractivity contribution in [2.24, 2.45) is 0 Å². The maximum Gasteiger partial charge on any atom is 0.267 e. The number of H-pyrrole nitrogens is 1. The third kappa shape index (κ3) is 2.12. The molecule has 1 aliphatic rings. The van der Waals surface area contributed by atoms with E-state index in [2.05, 4.69) is 19.9 Å². The van der Waals surface area contributed by atoms with Gasteiger partial charge in [-0.25, -0.2) is 9.37 Å². The Balaban J connectivity index is 2.10. The SMILES string of the molecule is COc1nc(N)nc2nc([C@@H]3O[C@H](CO)[C@](O)(F)[C@@]3(C)O)[nH]c12. The highest BCUT2D eigenvalue weighted by Crippen LogP contribution is 2.48. The average Bonchev–Trinajstić information content (AvgIpc) is 2.96.